The summed E-state index contributed by atoms with van der Waals surface area (Å²) in [6, 6.07) is 8.11. The van der Waals surface area contributed by atoms with Crippen LogP contribution in [-0.4, -0.2) is 46.5 Å². The van der Waals surface area contributed by atoms with E-state index in [2.05, 4.69) is 41.4 Å². The summed E-state index contributed by atoms with van der Waals surface area (Å²) in [5.74, 6) is 1.65. The van der Waals surface area contributed by atoms with Gasteiger partial charge in [0, 0.05) is 44.5 Å². The molecule has 1 aromatic heterocycles. The fourth-order valence-electron chi connectivity index (χ4n) is 3.24. The Hall–Kier alpha value is -2.70. The molecule has 1 N–H and O–H groups in total. The predicted octanol–water partition coefficient (Wildman–Crippen LogP) is 2.92. The van der Waals surface area contributed by atoms with Gasteiger partial charge < -0.3 is 14.7 Å². The minimum atomic E-state index is -0.0474. The van der Waals surface area contributed by atoms with Crippen molar-refractivity contribution in [3.63, 3.8) is 0 Å². The molecule has 0 radical (unpaired) electrons. The number of hydrogen-bond acceptors (Lipinski definition) is 5. The molecule has 0 unspecified atom stereocenters. The molecule has 2 amide bonds. The van der Waals surface area contributed by atoms with Gasteiger partial charge >= 0.3 is 0 Å². The Bertz CT molecular complexity index is 798. The summed E-state index contributed by atoms with van der Waals surface area (Å²) in [7, 11) is 0. The van der Waals surface area contributed by atoms with Crippen molar-refractivity contribution in [2.24, 2.45) is 0 Å². The van der Waals surface area contributed by atoms with Gasteiger partial charge in [-0.15, -0.1) is 0 Å². The maximum absolute atomic E-state index is 12.0. The number of benzene rings is 1. The van der Waals surface area contributed by atoms with Gasteiger partial charge in [-0.05, 0) is 24.3 Å². The van der Waals surface area contributed by atoms with Crippen LogP contribution in [0.2, 0.25) is 0 Å². The fraction of sp³-hybridized carbons (Fsp3) is 0.524. The fourth-order valence-corrected chi connectivity index (χ4v) is 3.24. The summed E-state index contributed by atoms with van der Waals surface area (Å²) in [6.45, 7) is 6.42. The monoisotopic (exact) mass is 384 g/mol. The number of carbonyl (C=O) groups is 2. The third-order valence-electron chi connectivity index (χ3n) is 4.97. The Morgan fingerprint density at radius 3 is 2.75 bits per heavy atom. The molecule has 0 saturated carbocycles. The molecule has 0 spiro atoms. The van der Waals surface area contributed by atoms with Gasteiger partial charge in [0.05, 0.1) is 0 Å². The molecule has 1 fully saturated rings. The van der Waals surface area contributed by atoms with E-state index in [1.54, 1.807) is 0 Å². The minimum absolute atomic E-state index is 0.0474. The lowest BCUT2D eigenvalue weighted by Gasteiger charge is -2.15. The first-order valence-corrected chi connectivity index (χ1v) is 10.0. The Balaban J connectivity index is 1.39. The molecule has 7 nitrogen and oxygen atoms in total. The van der Waals surface area contributed by atoms with Crippen LogP contribution in [-0.2, 0) is 16.0 Å². The van der Waals surface area contributed by atoms with E-state index in [0.717, 1.165) is 24.9 Å². The van der Waals surface area contributed by atoms with Crippen LogP contribution in [0.5, 0.6) is 0 Å². The molecular weight excluding hydrogens is 356 g/mol. The number of likely N-dealkylation sites (tertiary alicyclic amines) is 1. The van der Waals surface area contributed by atoms with E-state index < -0.39 is 0 Å². The molecule has 2 heterocycles. The maximum Gasteiger partial charge on any atom is 0.227 e. The molecular formula is C21H28N4O3. The van der Waals surface area contributed by atoms with Crippen LogP contribution in [0.1, 0.15) is 56.9 Å². The highest BCUT2D eigenvalue weighted by molar-refractivity contribution is 5.78. The number of aryl methyl sites for hydroxylation is 1. The number of amides is 2. The van der Waals surface area contributed by atoms with E-state index in [9.17, 15) is 9.59 Å². The SMILES string of the molecule is CC(C)c1ccc(-c2noc(CCC(=O)NCCCN3CCCC3=O)n2)cc1. The van der Waals surface area contributed by atoms with Crippen LogP contribution in [0, 0.1) is 0 Å². The van der Waals surface area contributed by atoms with E-state index in [-0.39, 0.29) is 11.8 Å². The van der Waals surface area contributed by atoms with Crippen LogP contribution in [0.3, 0.4) is 0 Å². The topological polar surface area (TPSA) is 88.3 Å². The van der Waals surface area contributed by atoms with Gasteiger partial charge in [0.25, 0.3) is 0 Å². The number of nitrogens with zero attached hydrogens (tertiary/aromatic N) is 3. The van der Waals surface area contributed by atoms with Gasteiger partial charge in [-0.2, -0.15) is 4.98 Å². The number of aromatic nitrogens is 2. The second-order valence-corrected chi connectivity index (χ2v) is 7.48. The first-order valence-electron chi connectivity index (χ1n) is 10.0. The smallest absolute Gasteiger partial charge is 0.227 e. The molecule has 1 aliphatic rings. The normalized spacial score (nSPS) is 14.1. The van der Waals surface area contributed by atoms with E-state index >= 15 is 0 Å². The van der Waals surface area contributed by atoms with E-state index in [0.29, 0.717) is 50.0 Å². The highest BCUT2D eigenvalue weighted by Gasteiger charge is 2.19. The van der Waals surface area contributed by atoms with Crippen LogP contribution in [0.15, 0.2) is 28.8 Å². The van der Waals surface area contributed by atoms with Crippen molar-refractivity contribution in [3.05, 3.63) is 35.7 Å². The highest BCUT2D eigenvalue weighted by atomic mass is 16.5. The number of hydrogen-bond donors (Lipinski definition) is 1. The van der Waals surface area contributed by atoms with E-state index in [1.807, 2.05) is 17.0 Å². The lowest BCUT2D eigenvalue weighted by Crippen LogP contribution is -2.30. The van der Waals surface area contributed by atoms with E-state index in [1.165, 1.54) is 5.56 Å². The van der Waals surface area contributed by atoms with E-state index in [4.69, 9.17) is 4.52 Å². The summed E-state index contributed by atoms with van der Waals surface area (Å²) >= 11 is 0. The lowest BCUT2D eigenvalue weighted by atomic mass is 10.0. The average molecular weight is 384 g/mol. The van der Waals surface area contributed by atoms with Crippen molar-refractivity contribution in [1.82, 2.24) is 20.4 Å². The van der Waals surface area contributed by atoms with Gasteiger partial charge in [0.15, 0.2) is 0 Å². The second-order valence-electron chi connectivity index (χ2n) is 7.48. The second kappa shape index (κ2) is 9.48. The molecule has 7 heteroatoms. The van der Waals surface area contributed by atoms with Crippen LogP contribution in [0.4, 0.5) is 0 Å². The number of carbonyl (C=O) groups excluding carboxylic acids is 2. The van der Waals surface area contributed by atoms with Gasteiger partial charge in [0.2, 0.25) is 23.5 Å². The standard InChI is InChI=1S/C21H28N4O3/c1-15(2)16-6-8-17(9-7-16)21-23-19(28-24-21)11-10-18(26)22-12-4-14-25-13-3-5-20(25)27/h6-9,15H,3-5,10-14H2,1-2H3,(H,22,26). The number of nitrogens with one attached hydrogen (secondary N) is 1. The predicted molar refractivity (Wildman–Crippen MR) is 106 cm³/mol. The van der Waals surface area contributed by atoms with Crippen LogP contribution < -0.4 is 5.32 Å². The Labute approximate surface area is 165 Å². The first-order chi connectivity index (χ1) is 13.5. The van der Waals surface area contributed by atoms with Crippen molar-refractivity contribution < 1.29 is 14.1 Å². The zero-order valence-electron chi connectivity index (χ0n) is 16.6. The molecule has 150 valence electrons. The molecule has 0 atom stereocenters. The van der Waals surface area contributed by atoms with Gasteiger partial charge in [-0.25, -0.2) is 0 Å². The summed E-state index contributed by atoms with van der Waals surface area (Å²) < 4.78 is 5.27. The Morgan fingerprint density at radius 1 is 1.29 bits per heavy atom. The van der Waals surface area contributed by atoms with Crippen molar-refractivity contribution in [2.75, 3.05) is 19.6 Å². The average Bonchev–Trinajstić information content (AvgIpc) is 3.33. The lowest BCUT2D eigenvalue weighted by molar-refractivity contribution is -0.127. The van der Waals surface area contributed by atoms with Crippen molar-refractivity contribution in [1.29, 1.82) is 0 Å². The quantitative estimate of drug-likeness (QED) is 0.672. The molecule has 1 aromatic carbocycles. The summed E-state index contributed by atoms with van der Waals surface area (Å²) in [4.78, 5) is 29.7. The molecule has 0 bridgehead atoms. The minimum Gasteiger partial charge on any atom is -0.356 e. The van der Waals surface area contributed by atoms with Crippen molar-refractivity contribution in [2.45, 2.75) is 51.9 Å². The first kappa shape index (κ1) is 20.0. The molecule has 1 saturated heterocycles. The third-order valence-corrected chi connectivity index (χ3v) is 4.97. The van der Waals surface area contributed by atoms with Crippen molar-refractivity contribution >= 4 is 11.8 Å². The van der Waals surface area contributed by atoms with Crippen LogP contribution >= 0.6 is 0 Å². The molecule has 2 aromatic rings. The summed E-state index contributed by atoms with van der Waals surface area (Å²) in [6.07, 6.45) is 3.08. The van der Waals surface area contributed by atoms with Gasteiger partial charge in [-0.3, -0.25) is 9.59 Å². The third kappa shape index (κ3) is 5.41. The highest BCUT2D eigenvalue weighted by Crippen LogP contribution is 2.20. The van der Waals surface area contributed by atoms with Crippen molar-refractivity contribution in [3.8, 4) is 11.4 Å². The Morgan fingerprint density at radius 2 is 2.07 bits per heavy atom. The largest absolute Gasteiger partial charge is 0.356 e. The molecule has 28 heavy (non-hydrogen) atoms. The molecule has 1 aliphatic heterocycles. The molecule has 3 rings (SSSR count). The van der Waals surface area contributed by atoms with Gasteiger partial charge in [0.1, 0.15) is 0 Å². The zero-order chi connectivity index (χ0) is 19.9. The molecule has 0 aliphatic carbocycles. The zero-order valence-corrected chi connectivity index (χ0v) is 16.6. The Kier molecular flexibility index (Phi) is 6.79. The van der Waals surface area contributed by atoms with Crippen LogP contribution in [0.25, 0.3) is 11.4 Å². The van der Waals surface area contributed by atoms with Gasteiger partial charge in [-0.1, -0.05) is 43.3 Å². The summed E-state index contributed by atoms with van der Waals surface area (Å²) in [5.41, 5.74) is 2.17. The maximum atomic E-state index is 12.0. The summed E-state index contributed by atoms with van der Waals surface area (Å²) in [5, 5.41) is 6.89. The number of rotatable bonds is 9.